The van der Waals surface area contributed by atoms with Crippen LogP contribution in [0.1, 0.15) is 35.3 Å². The van der Waals surface area contributed by atoms with Crippen molar-refractivity contribution in [3.63, 3.8) is 0 Å². The third-order valence-electron chi connectivity index (χ3n) is 3.97. The number of nitrogens with one attached hydrogen (secondary N) is 2. The Morgan fingerprint density at radius 2 is 1.81 bits per heavy atom. The topological polar surface area (TPSA) is 56.7 Å². The van der Waals surface area contributed by atoms with Gasteiger partial charge in [-0.3, -0.25) is 0 Å². The molecule has 0 radical (unpaired) electrons. The highest BCUT2D eigenvalue weighted by molar-refractivity contribution is 14.0. The minimum Gasteiger partial charge on any atom is -0.387 e. The fraction of sp³-hybridized carbons (Fsp3) is 0.350. The van der Waals surface area contributed by atoms with Gasteiger partial charge in [-0.25, -0.2) is 9.38 Å². The van der Waals surface area contributed by atoms with Crippen LogP contribution in [0.15, 0.2) is 47.5 Å². The molecule has 6 heteroatoms. The SMILES string of the molecule is CCNC(=NCc1ccc(C)cc1C)NCC(O)c1ccc(F)cc1.I. The number of aliphatic hydroxyl groups is 1. The van der Waals surface area contributed by atoms with E-state index < -0.39 is 6.10 Å². The number of hydrogen-bond donors (Lipinski definition) is 3. The lowest BCUT2D eigenvalue weighted by atomic mass is 10.1. The number of aryl methyl sites for hydroxylation is 2. The summed E-state index contributed by atoms with van der Waals surface area (Å²) >= 11 is 0. The van der Waals surface area contributed by atoms with E-state index in [1.165, 1.54) is 28.8 Å². The van der Waals surface area contributed by atoms with E-state index in [0.717, 1.165) is 6.54 Å². The lowest BCUT2D eigenvalue weighted by molar-refractivity contribution is 0.180. The molecule has 0 aliphatic rings. The van der Waals surface area contributed by atoms with E-state index in [9.17, 15) is 9.50 Å². The molecule has 2 aromatic carbocycles. The van der Waals surface area contributed by atoms with Gasteiger partial charge < -0.3 is 15.7 Å². The molecule has 4 nitrogen and oxygen atoms in total. The fourth-order valence-corrected chi connectivity index (χ4v) is 2.53. The maximum atomic E-state index is 13.0. The first-order chi connectivity index (χ1) is 12.0. The first-order valence-electron chi connectivity index (χ1n) is 8.51. The van der Waals surface area contributed by atoms with E-state index in [-0.39, 0.29) is 29.8 Å². The summed E-state index contributed by atoms with van der Waals surface area (Å²) in [5.74, 6) is 0.330. The summed E-state index contributed by atoms with van der Waals surface area (Å²) in [7, 11) is 0. The molecule has 0 aromatic heterocycles. The predicted molar refractivity (Wildman–Crippen MR) is 116 cm³/mol. The van der Waals surface area contributed by atoms with Gasteiger partial charge in [-0.2, -0.15) is 0 Å². The Hall–Kier alpha value is -1.67. The summed E-state index contributed by atoms with van der Waals surface area (Å²) in [6.45, 7) is 7.73. The number of benzene rings is 2. The van der Waals surface area contributed by atoms with Gasteiger partial charge in [0.15, 0.2) is 5.96 Å². The minimum atomic E-state index is -0.731. The van der Waals surface area contributed by atoms with Crippen molar-refractivity contribution in [2.75, 3.05) is 13.1 Å². The Labute approximate surface area is 172 Å². The predicted octanol–water partition coefficient (Wildman–Crippen LogP) is 3.85. The Morgan fingerprint density at radius 3 is 2.42 bits per heavy atom. The molecule has 0 spiro atoms. The smallest absolute Gasteiger partial charge is 0.191 e. The van der Waals surface area contributed by atoms with Crippen LogP contribution >= 0.6 is 24.0 Å². The molecule has 2 rings (SSSR count). The van der Waals surface area contributed by atoms with Crippen molar-refractivity contribution in [2.45, 2.75) is 33.4 Å². The van der Waals surface area contributed by atoms with Gasteiger partial charge in [0.1, 0.15) is 5.82 Å². The van der Waals surface area contributed by atoms with Crippen LogP contribution in [0.5, 0.6) is 0 Å². The van der Waals surface area contributed by atoms with Crippen LogP contribution in [0.3, 0.4) is 0 Å². The maximum absolute atomic E-state index is 13.0. The summed E-state index contributed by atoms with van der Waals surface area (Å²) in [5, 5.41) is 16.5. The molecule has 0 bridgehead atoms. The lowest BCUT2D eigenvalue weighted by Gasteiger charge is -2.16. The average Bonchev–Trinajstić information content (AvgIpc) is 2.59. The highest BCUT2D eigenvalue weighted by Crippen LogP contribution is 2.13. The summed E-state index contributed by atoms with van der Waals surface area (Å²) in [6.07, 6.45) is -0.731. The van der Waals surface area contributed by atoms with E-state index in [1.807, 2.05) is 6.92 Å². The van der Waals surface area contributed by atoms with Crippen LogP contribution in [0.2, 0.25) is 0 Å². The van der Waals surface area contributed by atoms with Gasteiger partial charge in [-0.1, -0.05) is 35.9 Å². The van der Waals surface area contributed by atoms with Crippen molar-refractivity contribution < 1.29 is 9.50 Å². The molecule has 1 atom stereocenters. The molecule has 26 heavy (non-hydrogen) atoms. The van der Waals surface area contributed by atoms with Crippen molar-refractivity contribution in [1.29, 1.82) is 0 Å². The molecule has 1 unspecified atom stereocenters. The quantitative estimate of drug-likeness (QED) is 0.341. The van der Waals surface area contributed by atoms with Crippen LogP contribution in [0.25, 0.3) is 0 Å². The van der Waals surface area contributed by atoms with Crippen LogP contribution in [-0.2, 0) is 6.54 Å². The standard InChI is InChI=1S/C20H26FN3O.HI/c1-4-22-20(23-12-17-6-5-14(2)11-15(17)3)24-13-19(25)16-7-9-18(21)10-8-16;/h5-11,19,25H,4,12-13H2,1-3H3,(H2,22,23,24);1H. The average molecular weight is 471 g/mol. The molecule has 0 fully saturated rings. The van der Waals surface area contributed by atoms with Gasteiger partial charge >= 0.3 is 0 Å². The molecule has 2 aromatic rings. The molecule has 0 saturated carbocycles. The Morgan fingerprint density at radius 1 is 1.12 bits per heavy atom. The zero-order chi connectivity index (χ0) is 18.2. The number of rotatable bonds is 6. The third-order valence-corrected chi connectivity index (χ3v) is 3.97. The first-order valence-corrected chi connectivity index (χ1v) is 8.51. The van der Waals surface area contributed by atoms with Crippen molar-refractivity contribution in [3.05, 3.63) is 70.5 Å². The molecule has 0 heterocycles. The normalized spacial score (nSPS) is 12.3. The number of aliphatic imine (C=N–C) groups is 1. The van der Waals surface area contributed by atoms with E-state index in [4.69, 9.17) is 0 Å². The molecule has 0 saturated heterocycles. The summed E-state index contributed by atoms with van der Waals surface area (Å²) in [5.41, 5.74) is 4.28. The van der Waals surface area contributed by atoms with Gasteiger partial charge in [-0.05, 0) is 49.6 Å². The van der Waals surface area contributed by atoms with E-state index in [2.05, 4.69) is 47.7 Å². The highest BCUT2D eigenvalue weighted by atomic mass is 127. The van der Waals surface area contributed by atoms with Crippen LogP contribution in [0.4, 0.5) is 4.39 Å². The molecule has 142 valence electrons. The van der Waals surface area contributed by atoms with Gasteiger partial charge in [0.05, 0.1) is 12.6 Å². The molecular weight excluding hydrogens is 444 g/mol. The number of halogens is 2. The largest absolute Gasteiger partial charge is 0.387 e. The zero-order valence-corrected chi connectivity index (χ0v) is 17.8. The number of guanidine groups is 1. The first kappa shape index (κ1) is 22.4. The van der Waals surface area contributed by atoms with E-state index in [1.54, 1.807) is 12.1 Å². The highest BCUT2D eigenvalue weighted by Gasteiger charge is 2.09. The Kier molecular flexibility index (Phi) is 9.58. The lowest BCUT2D eigenvalue weighted by Crippen LogP contribution is -2.39. The van der Waals surface area contributed by atoms with Gasteiger partial charge in [-0.15, -0.1) is 24.0 Å². The second kappa shape index (κ2) is 11.1. The molecule has 3 N–H and O–H groups in total. The maximum Gasteiger partial charge on any atom is 0.191 e. The van der Waals surface area contributed by atoms with Crippen LogP contribution < -0.4 is 10.6 Å². The van der Waals surface area contributed by atoms with Gasteiger partial charge in [0, 0.05) is 13.1 Å². The number of nitrogens with zero attached hydrogens (tertiary/aromatic N) is 1. The summed E-state index contributed by atoms with van der Waals surface area (Å²) in [4.78, 5) is 4.58. The zero-order valence-electron chi connectivity index (χ0n) is 15.4. The Balaban J connectivity index is 0.00000338. The Bertz CT molecular complexity index is 719. The minimum absolute atomic E-state index is 0. The van der Waals surface area contributed by atoms with Crippen molar-refractivity contribution in [3.8, 4) is 0 Å². The van der Waals surface area contributed by atoms with Crippen molar-refractivity contribution in [1.82, 2.24) is 10.6 Å². The molecule has 0 amide bonds. The van der Waals surface area contributed by atoms with Crippen molar-refractivity contribution >= 4 is 29.9 Å². The van der Waals surface area contributed by atoms with Crippen LogP contribution in [-0.4, -0.2) is 24.2 Å². The van der Waals surface area contributed by atoms with Crippen LogP contribution in [0, 0.1) is 19.7 Å². The van der Waals surface area contributed by atoms with E-state index >= 15 is 0 Å². The fourth-order valence-electron chi connectivity index (χ4n) is 2.53. The van der Waals surface area contributed by atoms with Gasteiger partial charge in [0.25, 0.3) is 0 Å². The molecular formula is C20H27FIN3O. The summed E-state index contributed by atoms with van der Waals surface area (Å²) in [6, 6.07) is 12.2. The van der Waals surface area contributed by atoms with Gasteiger partial charge in [0.2, 0.25) is 0 Å². The van der Waals surface area contributed by atoms with Crippen molar-refractivity contribution in [2.24, 2.45) is 4.99 Å². The number of hydrogen-bond acceptors (Lipinski definition) is 2. The monoisotopic (exact) mass is 471 g/mol. The second-order valence-electron chi connectivity index (χ2n) is 6.07. The number of aliphatic hydroxyl groups excluding tert-OH is 1. The second-order valence-corrected chi connectivity index (χ2v) is 6.07. The summed E-state index contributed by atoms with van der Waals surface area (Å²) < 4.78 is 13.0. The third kappa shape index (κ3) is 6.92. The molecule has 0 aliphatic carbocycles. The molecule has 0 aliphatic heterocycles. The van der Waals surface area contributed by atoms with E-state index in [0.29, 0.717) is 24.6 Å².